The summed E-state index contributed by atoms with van der Waals surface area (Å²) in [6, 6.07) is 9.86. The average molecular weight is 311 g/mol. The van der Waals surface area contributed by atoms with E-state index in [1.54, 1.807) is 0 Å². The second-order valence-corrected chi connectivity index (χ2v) is 6.77. The summed E-state index contributed by atoms with van der Waals surface area (Å²) < 4.78 is 5.42. The molecular formula is C18H21N3O2. The molecular weight excluding hydrogens is 290 g/mol. The van der Waals surface area contributed by atoms with Crippen molar-refractivity contribution in [3.63, 3.8) is 0 Å². The fourth-order valence-corrected chi connectivity index (χ4v) is 4.04. The summed E-state index contributed by atoms with van der Waals surface area (Å²) in [6.07, 6.45) is 5.29. The number of hydrogen-bond donors (Lipinski definition) is 1. The molecule has 2 bridgehead atoms. The highest BCUT2D eigenvalue weighted by molar-refractivity contribution is 5.77. The molecule has 23 heavy (non-hydrogen) atoms. The minimum atomic E-state index is -0.0749. The van der Waals surface area contributed by atoms with E-state index in [9.17, 15) is 4.79 Å². The maximum absolute atomic E-state index is 12.0. The van der Waals surface area contributed by atoms with Gasteiger partial charge in [0.1, 0.15) is 0 Å². The second-order valence-electron chi connectivity index (χ2n) is 6.77. The Hall–Kier alpha value is -2.17. The van der Waals surface area contributed by atoms with Gasteiger partial charge in [0.2, 0.25) is 11.8 Å². The Balaban J connectivity index is 1.32. The number of nitrogens with one attached hydrogen (secondary N) is 1. The standard InChI is InChI=1S/C18H21N3O2/c22-17(19-11-12-4-2-1-3-5-12)10-16-20-18(23-21-16)15-9-13-6-7-14(15)8-13/h1-5,13-15H,6-11H2,(H,19,22)/t13-,14-,15+/m1/s1. The zero-order valence-corrected chi connectivity index (χ0v) is 13.1. The number of rotatable bonds is 5. The Morgan fingerprint density at radius 2 is 2.09 bits per heavy atom. The van der Waals surface area contributed by atoms with Gasteiger partial charge >= 0.3 is 0 Å². The summed E-state index contributed by atoms with van der Waals surface area (Å²) in [6.45, 7) is 0.525. The van der Waals surface area contributed by atoms with Crippen LogP contribution in [0.1, 0.15) is 48.9 Å². The van der Waals surface area contributed by atoms with E-state index in [-0.39, 0.29) is 12.3 Å². The molecule has 5 nitrogen and oxygen atoms in total. The lowest BCUT2D eigenvalue weighted by atomic mass is 9.89. The van der Waals surface area contributed by atoms with Crippen LogP contribution in [-0.4, -0.2) is 16.0 Å². The van der Waals surface area contributed by atoms with Crippen molar-refractivity contribution in [1.29, 1.82) is 0 Å². The van der Waals surface area contributed by atoms with Crippen molar-refractivity contribution >= 4 is 5.91 Å². The molecule has 120 valence electrons. The van der Waals surface area contributed by atoms with Crippen LogP contribution in [0.15, 0.2) is 34.9 Å². The predicted molar refractivity (Wildman–Crippen MR) is 84.5 cm³/mol. The molecule has 0 saturated heterocycles. The van der Waals surface area contributed by atoms with Crippen LogP contribution in [0.5, 0.6) is 0 Å². The first-order valence-electron chi connectivity index (χ1n) is 8.41. The third-order valence-electron chi connectivity index (χ3n) is 5.19. The molecule has 5 heteroatoms. The summed E-state index contributed by atoms with van der Waals surface area (Å²) >= 11 is 0. The van der Waals surface area contributed by atoms with Gasteiger partial charge in [-0.15, -0.1) is 0 Å². The summed E-state index contributed by atoms with van der Waals surface area (Å²) in [4.78, 5) is 16.5. The fourth-order valence-electron chi connectivity index (χ4n) is 4.04. The molecule has 0 radical (unpaired) electrons. The van der Waals surface area contributed by atoms with Gasteiger partial charge in [-0.25, -0.2) is 0 Å². The molecule has 1 aromatic heterocycles. The lowest BCUT2D eigenvalue weighted by Gasteiger charge is -2.16. The highest BCUT2D eigenvalue weighted by atomic mass is 16.5. The number of nitrogens with zero attached hydrogens (tertiary/aromatic N) is 2. The number of benzene rings is 1. The van der Waals surface area contributed by atoms with Crippen molar-refractivity contribution in [3.8, 4) is 0 Å². The van der Waals surface area contributed by atoms with Crippen molar-refractivity contribution in [3.05, 3.63) is 47.6 Å². The van der Waals surface area contributed by atoms with E-state index in [2.05, 4.69) is 15.5 Å². The zero-order valence-electron chi connectivity index (χ0n) is 13.1. The molecule has 3 atom stereocenters. The zero-order chi connectivity index (χ0) is 15.6. The molecule has 0 aliphatic heterocycles. The number of amides is 1. The lowest BCUT2D eigenvalue weighted by molar-refractivity contribution is -0.120. The minimum Gasteiger partial charge on any atom is -0.352 e. The molecule has 2 fully saturated rings. The molecule has 0 spiro atoms. The van der Waals surface area contributed by atoms with Gasteiger partial charge in [0.25, 0.3) is 0 Å². The number of aromatic nitrogens is 2. The first kappa shape index (κ1) is 14.4. The summed E-state index contributed by atoms with van der Waals surface area (Å²) in [5.41, 5.74) is 1.08. The van der Waals surface area contributed by atoms with Crippen molar-refractivity contribution in [2.75, 3.05) is 0 Å². The molecule has 2 saturated carbocycles. The van der Waals surface area contributed by atoms with Gasteiger partial charge in [0.05, 0.1) is 6.42 Å². The van der Waals surface area contributed by atoms with Crippen LogP contribution in [0.3, 0.4) is 0 Å². The van der Waals surface area contributed by atoms with E-state index in [1.807, 2.05) is 30.3 Å². The minimum absolute atomic E-state index is 0.0749. The van der Waals surface area contributed by atoms with Gasteiger partial charge in [-0.3, -0.25) is 4.79 Å². The Bertz CT molecular complexity index is 683. The van der Waals surface area contributed by atoms with E-state index in [0.29, 0.717) is 24.2 Å². The first-order chi connectivity index (χ1) is 11.3. The van der Waals surface area contributed by atoms with Crippen LogP contribution in [-0.2, 0) is 17.8 Å². The summed E-state index contributed by atoms with van der Waals surface area (Å²) in [7, 11) is 0. The van der Waals surface area contributed by atoms with Gasteiger partial charge in [0.15, 0.2) is 5.82 Å². The highest BCUT2D eigenvalue weighted by Crippen LogP contribution is 2.52. The number of fused-ring (bicyclic) bond motifs is 2. The molecule has 4 rings (SSSR count). The summed E-state index contributed by atoms with van der Waals surface area (Å²) in [5.74, 6) is 3.13. The molecule has 1 N–H and O–H groups in total. The predicted octanol–water partition coefficient (Wildman–Crippen LogP) is 2.83. The summed E-state index contributed by atoms with van der Waals surface area (Å²) in [5, 5.41) is 6.89. The molecule has 1 aromatic carbocycles. The van der Waals surface area contributed by atoms with Gasteiger partial charge in [-0.2, -0.15) is 4.98 Å². The molecule has 2 aliphatic carbocycles. The Morgan fingerprint density at radius 3 is 2.83 bits per heavy atom. The molecule has 2 aliphatic rings. The van der Waals surface area contributed by atoms with Crippen molar-refractivity contribution < 1.29 is 9.32 Å². The van der Waals surface area contributed by atoms with Gasteiger partial charge in [-0.05, 0) is 36.7 Å². The topological polar surface area (TPSA) is 68.0 Å². The van der Waals surface area contributed by atoms with Crippen molar-refractivity contribution in [1.82, 2.24) is 15.5 Å². The van der Waals surface area contributed by atoms with Crippen LogP contribution in [0.25, 0.3) is 0 Å². The first-order valence-corrected chi connectivity index (χ1v) is 8.41. The molecule has 1 heterocycles. The maximum Gasteiger partial charge on any atom is 0.230 e. The number of hydrogen-bond acceptors (Lipinski definition) is 4. The van der Waals surface area contributed by atoms with E-state index < -0.39 is 0 Å². The van der Waals surface area contributed by atoms with Gasteiger partial charge in [0, 0.05) is 12.5 Å². The maximum atomic E-state index is 12.0. The van der Waals surface area contributed by atoms with Crippen LogP contribution in [0, 0.1) is 11.8 Å². The Kier molecular flexibility index (Phi) is 3.85. The number of carbonyl (C=O) groups excluding carboxylic acids is 1. The smallest absolute Gasteiger partial charge is 0.230 e. The number of carbonyl (C=O) groups is 1. The fraction of sp³-hybridized carbons (Fsp3) is 0.500. The molecule has 0 unspecified atom stereocenters. The normalized spacial score (nSPS) is 25.7. The van der Waals surface area contributed by atoms with Crippen LogP contribution in [0.4, 0.5) is 0 Å². The quantitative estimate of drug-likeness (QED) is 0.922. The van der Waals surface area contributed by atoms with Crippen molar-refractivity contribution in [2.45, 2.75) is 44.6 Å². The lowest BCUT2D eigenvalue weighted by Crippen LogP contribution is -2.25. The third-order valence-corrected chi connectivity index (χ3v) is 5.19. The molecule has 2 aromatic rings. The SMILES string of the molecule is O=C(Cc1noc([C@H]2C[C@@H]3CC[C@@H]2C3)n1)NCc1ccccc1. The average Bonchev–Trinajstić information content (AvgIpc) is 3.30. The Labute approximate surface area is 135 Å². The van der Waals surface area contributed by atoms with E-state index in [1.165, 1.54) is 25.7 Å². The van der Waals surface area contributed by atoms with Gasteiger partial charge < -0.3 is 9.84 Å². The Morgan fingerprint density at radius 1 is 1.22 bits per heavy atom. The molecule has 1 amide bonds. The van der Waals surface area contributed by atoms with Crippen LogP contribution >= 0.6 is 0 Å². The van der Waals surface area contributed by atoms with E-state index >= 15 is 0 Å². The van der Waals surface area contributed by atoms with E-state index in [0.717, 1.165) is 17.4 Å². The van der Waals surface area contributed by atoms with E-state index in [4.69, 9.17) is 4.52 Å². The van der Waals surface area contributed by atoms with Crippen molar-refractivity contribution in [2.24, 2.45) is 11.8 Å². The largest absolute Gasteiger partial charge is 0.352 e. The monoisotopic (exact) mass is 311 g/mol. The third kappa shape index (κ3) is 3.14. The second kappa shape index (κ2) is 6.14. The van der Waals surface area contributed by atoms with Gasteiger partial charge in [-0.1, -0.05) is 41.9 Å². The highest BCUT2D eigenvalue weighted by Gasteiger charge is 2.42. The van der Waals surface area contributed by atoms with Crippen LogP contribution in [0.2, 0.25) is 0 Å². The van der Waals surface area contributed by atoms with Crippen LogP contribution < -0.4 is 5.32 Å².